The summed E-state index contributed by atoms with van der Waals surface area (Å²) in [7, 11) is 0. The minimum absolute atomic E-state index is 1.19. The number of hydrogen-bond donors (Lipinski definition) is 0. The Labute approximate surface area is 262 Å². The van der Waals surface area contributed by atoms with Gasteiger partial charge in [-0.15, -0.1) is 0 Å². The molecule has 0 heterocycles. The van der Waals surface area contributed by atoms with Crippen molar-refractivity contribution >= 4 is 23.3 Å². The van der Waals surface area contributed by atoms with E-state index in [9.17, 15) is 0 Å². The minimum atomic E-state index is 1.19. The fourth-order valence-electron chi connectivity index (χ4n) is 5.79. The first-order valence-electron chi connectivity index (χ1n) is 15.3. The Morgan fingerprint density at radius 2 is 0.614 bits per heavy atom. The lowest BCUT2D eigenvalue weighted by molar-refractivity contribution is 1.42. The van der Waals surface area contributed by atoms with Crippen molar-refractivity contribution in [3.8, 4) is 11.1 Å². The van der Waals surface area contributed by atoms with Crippen LogP contribution in [0.25, 0.3) is 34.4 Å². The first-order chi connectivity index (χ1) is 21.4. The summed E-state index contributed by atoms with van der Waals surface area (Å²) in [5.74, 6) is 0. The molecule has 0 atom stereocenters. The van der Waals surface area contributed by atoms with E-state index in [1.165, 1.54) is 77.9 Å². The van der Waals surface area contributed by atoms with Crippen molar-refractivity contribution in [2.45, 2.75) is 27.7 Å². The Bertz CT molecular complexity index is 1720. The first-order valence-corrected chi connectivity index (χ1v) is 15.3. The van der Waals surface area contributed by atoms with Gasteiger partial charge in [0, 0.05) is 0 Å². The van der Waals surface area contributed by atoms with E-state index in [-0.39, 0.29) is 0 Å². The predicted molar refractivity (Wildman–Crippen MR) is 191 cm³/mol. The van der Waals surface area contributed by atoms with Crippen LogP contribution in [0.3, 0.4) is 0 Å². The molecule has 0 heteroatoms. The van der Waals surface area contributed by atoms with Crippen LogP contribution in [-0.4, -0.2) is 0 Å². The van der Waals surface area contributed by atoms with Gasteiger partial charge in [-0.2, -0.15) is 0 Å². The molecule has 6 aromatic carbocycles. The smallest absolute Gasteiger partial charge is 0.0105 e. The maximum atomic E-state index is 2.30. The molecule has 0 saturated heterocycles. The van der Waals surface area contributed by atoms with Gasteiger partial charge in [0.2, 0.25) is 0 Å². The second kappa shape index (κ2) is 13.0. The van der Waals surface area contributed by atoms with Crippen LogP contribution in [0.5, 0.6) is 0 Å². The van der Waals surface area contributed by atoms with Crippen molar-refractivity contribution < 1.29 is 0 Å². The van der Waals surface area contributed by atoms with E-state index < -0.39 is 0 Å². The topological polar surface area (TPSA) is 0 Å². The zero-order valence-electron chi connectivity index (χ0n) is 26.0. The van der Waals surface area contributed by atoms with Gasteiger partial charge in [-0.3, -0.25) is 0 Å². The third-order valence-corrected chi connectivity index (χ3v) is 8.09. The number of hydrogen-bond acceptors (Lipinski definition) is 0. The highest BCUT2D eigenvalue weighted by Gasteiger charge is 2.09. The van der Waals surface area contributed by atoms with Gasteiger partial charge in [0.25, 0.3) is 0 Å². The molecule has 0 amide bonds. The average molecular weight is 567 g/mol. The second-order valence-corrected chi connectivity index (χ2v) is 11.8. The number of aryl methyl sites for hydroxylation is 4. The van der Waals surface area contributed by atoms with E-state index >= 15 is 0 Å². The Hall–Kier alpha value is -5.20. The fourth-order valence-corrected chi connectivity index (χ4v) is 5.79. The van der Waals surface area contributed by atoms with Crippen molar-refractivity contribution in [1.29, 1.82) is 0 Å². The van der Waals surface area contributed by atoms with Gasteiger partial charge in [0.1, 0.15) is 0 Å². The van der Waals surface area contributed by atoms with Crippen LogP contribution >= 0.6 is 0 Å². The standard InChI is InChI=1S/C44H38/c1-31-9-5-13-39(25-31)43(40-14-6-10-32(2)26-40)29-35-17-21-37(22-18-35)38-23-19-36(20-24-38)30-44(41-15-7-11-33(3)27-41)42-16-8-12-34(4)28-42/h5-30H,1-4H3. The highest BCUT2D eigenvalue weighted by molar-refractivity contribution is 5.93. The Morgan fingerprint density at radius 1 is 0.341 bits per heavy atom. The molecule has 6 rings (SSSR count). The fraction of sp³-hybridized carbons (Fsp3) is 0.0909. The largest absolute Gasteiger partial charge is 0.0614 e. The maximum Gasteiger partial charge on any atom is -0.0105 e. The van der Waals surface area contributed by atoms with Gasteiger partial charge in [0.05, 0.1) is 0 Å². The first kappa shape index (κ1) is 28.9. The third-order valence-electron chi connectivity index (χ3n) is 8.09. The van der Waals surface area contributed by atoms with Crippen LogP contribution in [0.4, 0.5) is 0 Å². The predicted octanol–water partition coefficient (Wildman–Crippen LogP) is 11.8. The van der Waals surface area contributed by atoms with Crippen molar-refractivity contribution in [2.75, 3.05) is 0 Å². The molecule has 0 nitrogen and oxygen atoms in total. The van der Waals surface area contributed by atoms with Gasteiger partial charge in [-0.25, -0.2) is 0 Å². The summed E-state index contributed by atoms with van der Waals surface area (Å²) in [5.41, 5.74) is 17.3. The average Bonchev–Trinajstić information content (AvgIpc) is 3.03. The summed E-state index contributed by atoms with van der Waals surface area (Å²) < 4.78 is 0. The van der Waals surface area contributed by atoms with Crippen LogP contribution in [0.15, 0.2) is 146 Å². The van der Waals surface area contributed by atoms with E-state index in [1.54, 1.807) is 0 Å². The Balaban J connectivity index is 1.30. The third kappa shape index (κ3) is 6.88. The molecule has 0 spiro atoms. The molecule has 0 fully saturated rings. The lowest BCUT2D eigenvalue weighted by Crippen LogP contribution is -1.91. The summed E-state index contributed by atoms with van der Waals surface area (Å²) >= 11 is 0. The molecule has 0 aromatic heterocycles. The molecule has 214 valence electrons. The lowest BCUT2D eigenvalue weighted by atomic mass is 9.93. The van der Waals surface area contributed by atoms with Gasteiger partial charge in [0.15, 0.2) is 0 Å². The molecule has 0 aliphatic rings. The molecule has 0 radical (unpaired) electrons. The number of benzene rings is 6. The summed E-state index contributed by atoms with van der Waals surface area (Å²) in [6, 6.07) is 52.9. The number of rotatable bonds is 7. The highest BCUT2D eigenvalue weighted by Crippen LogP contribution is 2.30. The van der Waals surface area contributed by atoms with Crippen molar-refractivity contribution in [3.63, 3.8) is 0 Å². The summed E-state index contributed by atoms with van der Waals surface area (Å²) in [5, 5.41) is 0. The quantitative estimate of drug-likeness (QED) is 0.169. The van der Waals surface area contributed by atoms with E-state index in [1.807, 2.05) is 0 Å². The summed E-state index contributed by atoms with van der Waals surface area (Å²) in [6.45, 7) is 8.61. The monoisotopic (exact) mass is 566 g/mol. The van der Waals surface area contributed by atoms with E-state index in [2.05, 4.69) is 185 Å². The van der Waals surface area contributed by atoms with E-state index in [0.29, 0.717) is 0 Å². The molecule has 0 N–H and O–H groups in total. The van der Waals surface area contributed by atoms with E-state index in [4.69, 9.17) is 0 Å². The lowest BCUT2D eigenvalue weighted by Gasteiger charge is -2.12. The summed E-state index contributed by atoms with van der Waals surface area (Å²) in [6.07, 6.45) is 4.61. The summed E-state index contributed by atoms with van der Waals surface area (Å²) in [4.78, 5) is 0. The van der Waals surface area contributed by atoms with Gasteiger partial charge in [-0.05, 0) is 95.5 Å². The minimum Gasteiger partial charge on any atom is -0.0614 e. The van der Waals surface area contributed by atoms with Crippen LogP contribution < -0.4 is 0 Å². The molecular weight excluding hydrogens is 528 g/mol. The van der Waals surface area contributed by atoms with Crippen molar-refractivity contribution in [3.05, 3.63) is 201 Å². The molecule has 0 unspecified atom stereocenters. The van der Waals surface area contributed by atoms with Gasteiger partial charge < -0.3 is 0 Å². The van der Waals surface area contributed by atoms with Gasteiger partial charge in [-0.1, -0.05) is 168 Å². The van der Waals surface area contributed by atoms with Crippen LogP contribution in [0.2, 0.25) is 0 Å². The highest BCUT2D eigenvalue weighted by atomic mass is 14.1. The Kier molecular flexibility index (Phi) is 8.52. The van der Waals surface area contributed by atoms with Gasteiger partial charge >= 0.3 is 0 Å². The Morgan fingerprint density at radius 3 is 0.864 bits per heavy atom. The van der Waals surface area contributed by atoms with Crippen molar-refractivity contribution in [2.24, 2.45) is 0 Å². The normalized spacial score (nSPS) is 10.7. The molecule has 0 bridgehead atoms. The van der Waals surface area contributed by atoms with Crippen LogP contribution in [0.1, 0.15) is 55.6 Å². The second-order valence-electron chi connectivity index (χ2n) is 11.8. The van der Waals surface area contributed by atoms with Crippen molar-refractivity contribution in [1.82, 2.24) is 0 Å². The van der Waals surface area contributed by atoms with E-state index in [0.717, 1.165) is 0 Å². The van der Waals surface area contributed by atoms with Crippen LogP contribution in [0, 0.1) is 27.7 Å². The molecule has 0 aliphatic heterocycles. The SMILES string of the molecule is Cc1cccc(C(=Cc2ccc(-c3ccc(C=C(c4cccc(C)c4)c4cccc(C)c4)cc3)cc2)c2cccc(C)c2)c1. The van der Waals surface area contributed by atoms with Crippen LogP contribution in [-0.2, 0) is 0 Å². The molecular formula is C44H38. The zero-order chi connectivity index (χ0) is 30.5. The molecule has 0 saturated carbocycles. The molecule has 44 heavy (non-hydrogen) atoms. The zero-order valence-corrected chi connectivity index (χ0v) is 26.0. The molecule has 0 aliphatic carbocycles. The maximum absolute atomic E-state index is 2.30. The molecule has 6 aromatic rings.